The molecule has 1 saturated carbocycles. The molecule has 0 spiro atoms. The van der Waals surface area contributed by atoms with E-state index in [1.807, 2.05) is 24.5 Å². The number of hydrogen-bond donors (Lipinski definition) is 1. The first-order valence-corrected chi connectivity index (χ1v) is 10.5. The van der Waals surface area contributed by atoms with Crippen LogP contribution < -0.4 is 5.32 Å². The van der Waals surface area contributed by atoms with Crippen LogP contribution in [0, 0.1) is 0 Å². The number of aryl methyl sites for hydroxylation is 1. The van der Waals surface area contributed by atoms with Crippen LogP contribution in [0.4, 0.5) is 5.82 Å². The Kier molecular flexibility index (Phi) is 4.77. The fraction of sp³-hybridized carbons (Fsp3) is 0.455. The van der Waals surface area contributed by atoms with Gasteiger partial charge in [-0.15, -0.1) is 10.2 Å². The van der Waals surface area contributed by atoms with Gasteiger partial charge in [0.05, 0.1) is 6.54 Å². The molecule has 0 bridgehead atoms. The van der Waals surface area contributed by atoms with Crippen LogP contribution in [0.3, 0.4) is 0 Å². The second kappa shape index (κ2) is 7.70. The maximum absolute atomic E-state index is 4.88. The summed E-state index contributed by atoms with van der Waals surface area (Å²) in [6, 6.07) is 10.8. The van der Waals surface area contributed by atoms with Gasteiger partial charge in [-0.05, 0) is 32.1 Å². The van der Waals surface area contributed by atoms with Gasteiger partial charge in [0, 0.05) is 22.9 Å². The summed E-state index contributed by atoms with van der Waals surface area (Å²) in [6.45, 7) is 0.647. The quantitative estimate of drug-likeness (QED) is 0.719. The summed E-state index contributed by atoms with van der Waals surface area (Å²) in [7, 11) is 0. The number of benzene rings is 1. The lowest BCUT2D eigenvalue weighted by Gasteiger charge is -2.24. The third-order valence-corrected chi connectivity index (χ3v) is 5.99. The molecular weight excluding hydrogens is 348 g/mol. The van der Waals surface area contributed by atoms with E-state index in [4.69, 9.17) is 9.97 Å². The lowest BCUT2D eigenvalue weighted by Crippen LogP contribution is -2.17. The summed E-state index contributed by atoms with van der Waals surface area (Å²) in [4.78, 5) is 9.71. The summed E-state index contributed by atoms with van der Waals surface area (Å²) in [5, 5.41) is 12.1. The van der Waals surface area contributed by atoms with Crippen molar-refractivity contribution in [1.82, 2.24) is 24.7 Å². The monoisotopic (exact) mass is 374 g/mol. The second-order valence-electron chi connectivity index (χ2n) is 7.84. The van der Waals surface area contributed by atoms with Gasteiger partial charge in [-0.1, -0.05) is 49.6 Å². The van der Waals surface area contributed by atoms with Crippen molar-refractivity contribution >= 4 is 5.82 Å². The zero-order valence-corrected chi connectivity index (χ0v) is 16.1. The van der Waals surface area contributed by atoms with Gasteiger partial charge in [0.2, 0.25) is 0 Å². The molecule has 0 unspecified atom stereocenters. The minimum absolute atomic E-state index is 0.538. The maximum Gasteiger partial charge on any atom is 0.161 e. The Morgan fingerprint density at radius 1 is 0.964 bits per heavy atom. The second-order valence-corrected chi connectivity index (χ2v) is 7.84. The topological polar surface area (TPSA) is 68.5 Å². The Balaban J connectivity index is 1.40. The average Bonchev–Trinajstić information content (AvgIpc) is 3.42. The Morgan fingerprint density at radius 3 is 2.68 bits per heavy atom. The van der Waals surface area contributed by atoms with E-state index in [9.17, 15) is 0 Å². The fourth-order valence-corrected chi connectivity index (χ4v) is 4.52. The van der Waals surface area contributed by atoms with Crippen molar-refractivity contribution in [3.8, 4) is 11.4 Å². The fourth-order valence-electron chi connectivity index (χ4n) is 4.52. The third kappa shape index (κ3) is 3.39. The van der Waals surface area contributed by atoms with E-state index in [0.29, 0.717) is 12.6 Å². The average molecular weight is 374 g/mol. The molecule has 6 nitrogen and oxygen atoms in total. The predicted molar refractivity (Wildman–Crippen MR) is 109 cm³/mol. The summed E-state index contributed by atoms with van der Waals surface area (Å²) in [6.07, 6.45) is 11.5. The normalized spacial score (nSPS) is 16.9. The van der Waals surface area contributed by atoms with Crippen molar-refractivity contribution in [2.24, 2.45) is 0 Å². The molecule has 5 rings (SSSR count). The van der Waals surface area contributed by atoms with Crippen LogP contribution in [0.15, 0.2) is 36.7 Å². The predicted octanol–water partition coefficient (Wildman–Crippen LogP) is 4.34. The van der Waals surface area contributed by atoms with E-state index in [1.54, 1.807) is 0 Å². The van der Waals surface area contributed by atoms with E-state index in [0.717, 1.165) is 42.3 Å². The third-order valence-electron chi connectivity index (χ3n) is 5.99. The number of rotatable bonds is 5. The molecule has 0 radical (unpaired) electrons. The van der Waals surface area contributed by atoms with Gasteiger partial charge in [-0.3, -0.25) is 0 Å². The van der Waals surface area contributed by atoms with Crippen molar-refractivity contribution in [2.45, 2.75) is 64.0 Å². The standard InChI is InChI=1S/C22H26N6/c1-3-8-16(9-4-1)21-25-19-13-7-12-18(19)22(26-21)23-14-20-27-24-15-28(20)17-10-5-2-6-11-17/h1,3-4,8-9,15,17H,2,5-7,10-14H2,(H,23,25,26). The Bertz CT molecular complexity index is 943. The number of nitrogens with zero attached hydrogens (tertiary/aromatic N) is 5. The molecule has 2 aliphatic rings. The molecule has 28 heavy (non-hydrogen) atoms. The van der Waals surface area contributed by atoms with Crippen LogP contribution in [0.5, 0.6) is 0 Å². The number of aromatic nitrogens is 5. The van der Waals surface area contributed by atoms with Gasteiger partial charge in [0.15, 0.2) is 11.6 Å². The minimum atomic E-state index is 0.538. The van der Waals surface area contributed by atoms with Crippen LogP contribution in [-0.2, 0) is 19.4 Å². The van der Waals surface area contributed by atoms with Gasteiger partial charge in [-0.25, -0.2) is 9.97 Å². The van der Waals surface area contributed by atoms with Crippen LogP contribution in [0.25, 0.3) is 11.4 Å². The molecule has 0 atom stereocenters. The number of nitrogens with one attached hydrogen (secondary N) is 1. The zero-order chi connectivity index (χ0) is 18.8. The smallest absolute Gasteiger partial charge is 0.161 e. The van der Waals surface area contributed by atoms with E-state index < -0.39 is 0 Å². The first kappa shape index (κ1) is 17.3. The highest BCUT2D eigenvalue weighted by molar-refractivity contribution is 5.60. The highest BCUT2D eigenvalue weighted by Crippen LogP contribution is 2.31. The molecule has 1 fully saturated rings. The van der Waals surface area contributed by atoms with Gasteiger partial charge in [0.1, 0.15) is 12.1 Å². The minimum Gasteiger partial charge on any atom is -0.362 e. The SMILES string of the molecule is c1ccc(-c2nc3c(c(NCc4nncn4C4CCCCC4)n2)CCC3)cc1. The molecule has 6 heteroatoms. The molecular formula is C22H26N6. The van der Waals surface area contributed by atoms with Gasteiger partial charge >= 0.3 is 0 Å². The highest BCUT2D eigenvalue weighted by atomic mass is 15.3. The van der Waals surface area contributed by atoms with Crippen molar-refractivity contribution < 1.29 is 0 Å². The van der Waals surface area contributed by atoms with E-state index in [1.165, 1.54) is 43.4 Å². The summed E-state index contributed by atoms with van der Waals surface area (Å²) >= 11 is 0. The van der Waals surface area contributed by atoms with Gasteiger partial charge in [-0.2, -0.15) is 0 Å². The molecule has 2 aromatic heterocycles. The zero-order valence-electron chi connectivity index (χ0n) is 16.1. The Morgan fingerprint density at radius 2 is 1.82 bits per heavy atom. The summed E-state index contributed by atoms with van der Waals surface area (Å²) in [5.74, 6) is 2.76. The van der Waals surface area contributed by atoms with Crippen molar-refractivity contribution in [2.75, 3.05) is 5.32 Å². The Labute approximate surface area is 165 Å². The molecule has 0 saturated heterocycles. The van der Waals surface area contributed by atoms with Crippen molar-refractivity contribution in [3.05, 3.63) is 53.7 Å². The maximum atomic E-state index is 4.88. The first-order chi connectivity index (χ1) is 13.9. The lowest BCUT2D eigenvalue weighted by atomic mass is 9.95. The molecule has 144 valence electrons. The molecule has 0 amide bonds. The van der Waals surface area contributed by atoms with Crippen LogP contribution >= 0.6 is 0 Å². The number of anilines is 1. The number of fused-ring (bicyclic) bond motifs is 1. The van der Waals surface area contributed by atoms with Crippen molar-refractivity contribution in [1.29, 1.82) is 0 Å². The van der Waals surface area contributed by atoms with Crippen LogP contribution in [0.2, 0.25) is 0 Å². The van der Waals surface area contributed by atoms with Gasteiger partial charge in [0.25, 0.3) is 0 Å². The summed E-state index contributed by atoms with van der Waals surface area (Å²) < 4.78 is 2.27. The van der Waals surface area contributed by atoms with Crippen molar-refractivity contribution in [3.63, 3.8) is 0 Å². The van der Waals surface area contributed by atoms with Gasteiger partial charge < -0.3 is 9.88 Å². The van der Waals surface area contributed by atoms with E-state index >= 15 is 0 Å². The van der Waals surface area contributed by atoms with E-state index in [2.05, 4.69) is 32.2 Å². The Hall–Kier alpha value is -2.76. The van der Waals surface area contributed by atoms with Crippen LogP contribution in [0.1, 0.15) is 61.6 Å². The number of hydrogen-bond acceptors (Lipinski definition) is 5. The van der Waals surface area contributed by atoms with E-state index in [-0.39, 0.29) is 0 Å². The molecule has 2 aliphatic carbocycles. The lowest BCUT2D eigenvalue weighted by molar-refractivity contribution is 0.346. The first-order valence-electron chi connectivity index (χ1n) is 10.5. The molecule has 2 heterocycles. The highest BCUT2D eigenvalue weighted by Gasteiger charge is 2.22. The molecule has 1 aromatic carbocycles. The van der Waals surface area contributed by atoms with Crippen LogP contribution in [-0.4, -0.2) is 24.7 Å². The largest absolute Gasteiger partial charge is 0.362 e. The molecule has 0 aliphatic heterocycles. The molecule has 3 aromatic rings. The summed E-state index contributed by atoms with van der Waals surface area (Å²) in [5.41, 5.74) is 3.51. The molecule has 1 N–H and O–H groups in total.